The van der Waals surface area contributed by atoms with Gasteiger partial charge in [-0.15, -0.1) is 0 Å². The van der Waals surface area contributed by atoms with Crippen LogP contribution in [0.1, 0.15) is 35.4 Å². The summed E-state index contributed by atoms with van der Waals surface area (Å²) in [4.78, 5) is 14.7. The molecule has 1 aliphatic carbocycles. The van der Waals surface area contributed by atoms with Crippen molar-refractivity contribution in [1.82, 2.24) is 15.0 Å². The van der Waals surface area contributed by atoms with Gasteiger partial charge in [0.1, 0.15) is 22.9 Å². The van der Waals surface area contributed by atoms with Gasteiger partial charge in [-0.05, 0) is 38.8 Å². The molecule has 2 aromatic heterocycles. The van der Waals surface area contributed by atoms with E-state index < -0.39 is 15.9 Å². The maximum atomic E-state index is 14.1. The van der Waals surface area contributed by atoms with Crippen LogP contribution in [0.15, 0.2) is 41.5 Å². The quantitative estimate of drug-likeness (QED) is 0.688. The predicted molar refractivity (Wildman–Crippen MR) is 124 cm³/mol. The molecule has 2 aromatic rings. The first-order valence-electron chi connectivity index (χ1n) is 10.6. The smallest absolute Gasteiger partial charge is 0.264 e. The molecule has 1 saturated heterocycles. The number of ether oxygens (including phenoxy) is 1. The Hall–Kier alpha value is -3.29. The van der Waals surface area contributed by atoms with E-state index in [1.807, 2.05) is 6.92 Å². The molecule has 0 spiro atoms. The van der Waals surface area contributed by atoms with Crippen LogP contribution in [-0.4, -0.2) is 49.7 Å². The lowest BCUT2D eigenvalue weighted by Crippen LogP contribution is -2.37. The first kappa shape index (κ1) is 22.9. The summed E-state index contributed by atoms with van der Waals surface area (Å²) >= 11 is 0. The standard InChI is InChI=1S/C23H24FN5O3S/c1-16-19(23(27-15-26-16)29-9-11-32-12-10-29)8-7-18-13-21(17(2)25-14-18)28-33(30,31)22-6-4-3-5-20(22)24/h5-6,13-15,28H,3-4,9-12H2,1-2H3. The minimum atomic E-state index is -4.08. The number of hydrogen-bond donors (Lipinski definition) is 1. The fourth-order valence-corrected chi connectivity index (χ4v) is 4.81. The number of anilines is 2. The minimum Gasteiger partial charge on any atom is -0.378 e. The highest BCUT2D eigenvalue weighted by molar-refractivity contribution is 7.96. The fraction of sp³-hybridized carbons (Fsp3) is 0.348. The van der Waals surface area contributed by atoms with E-state index >= 15 is 0 Å². The molecule has 2 aliphatic rings. The third kappa shape index (κ3) is 5.21. The summed E-state index contributed by atoms with van der Waals surface area (Å²) in [5.74, 6) is 6.15. The molecule has 0 atom stereocenters. The van der Waals surface area contributed by atoms with Gasteiger partial charge in [0, 0.05) is 24.8 Å². The molecule has 33 heavy (non-hydrogen) atoms. The van der Waals surface area contributed by atoms with E-state index in [4.69, 9.17) is 4.74 Å². The summed E-state index contributed by atoms with van der Waals surface area (Å²) in [6.45, 7) is 6.19. The molecule has 3 heterocycles. The zero-order valence-corrected chi connectivity index (χ0v) is 19.2. The Morgan fingerprint density at radius 2 is 1.82 bits per heavy atom. The van der Waals surface area contributed by atoms with Gasteiger partial charge in [-0.25, -0.2) is 22.8 Å². The first-order valence-corrected chi connectivity index (χ1v) is 12.1. The summed E-state index contributed by atoms with van der Waals surface area (Å²) in [6, 6.07) is 1.59. The largest absolute Gasteiger partial charge is 0.378 e. The number of nitrogens with zero attached hydrogens (tertiary/aromatic N) is 4. The zero-order valence-electron chi connectivity index (χ0n) is 18.4. The van der Waals surface area contributed by atoms with Crippen LogP contribution >= 0.6 is 0 Å². The number of aromatic nitrogens is 3. The summed E-state index contributed by atoms with van der Waals surface area (Å²) in [5, 5.41) is 0. The van der Waals surface area contributed by atoms with Gasteiger partial charge in [0.2, 0.25) is 0 Å². The molecular formula is C23H24FN5O3S. The van der Waals surface area contributed by atoms with Crippen molar-refractivity contribution in [3.05, 3.63) is 64.0 Å². The second kappa shape index (κ2) is 9.68. The number of rotatable bonds is 4. The van der Waals surface area contributed by atoms with Crippen molar-refractivity contribution in [3.8, 4) is 11.8 Å². The van der Waals surface area contributed by atoms with Crippen LogP contribution in [-0.2, 0) is 14.8 Å². The Labute approximate surface area is 192 Å². The third-order valence-corrected chi connectivity index (χ3v) is 6.76. The predicted octanol–water partition coefficient (Wildman–Crippen LogP) is 3.00. The van der Waals surface area contributed by atoms with Crippen LogP contribution in [0.5, 0.6) is 0 Å². The van der Waals surface area contributed by atoms with Gasteiger partial charge in [-0.2, -0.15) is 0 Å². The maximum absolute atomic E-state index is 14.1. The number of aryl methyl sites for hydroxylation is 2. The molecule has 0 saturated carbocycles. The van der Waals surface area contributed by atoms with Gasteiger partial charge in [-0.1, -0.05) is 17.9 Å². The van der Waals surface area contributed by atoms with Gasteiger partial charge in [0.05, 0.1) is 35.9 Å². The highest BCUT2D eigenvalue weighted by Gasteiger charge is 2.24. The van der Waals surface area contributed by atoms with E-state index in [9.17, 15) is 12.8 Å². The van der Waals surface area contributed by atoms with Crippen molar-refractivity contribution < 1.29 is 17.5 Å². The summed E-state index contributed by atoms with van der Waals surface area (Å²) < 4.78 is 47.4. The SMILES string of the molecule is Cc1ncc(C#Cc2c(C)ncnc2N2CCOCC2)cc1NS(=O)(=O)C1=CCCC=C1F. The number of hydrogen-bond acceptors (Lipinski definition) is 7. The molecule has 4 rings (SSSR count). The topological polar surface area (TPSA) is 97.3 Å². The van der Waals surface area contributed by atoms with Crippen molar-refractivity contribution >= 4 is 21.5 Å². The van der Waals surface area contributed by atoms with Crippen molar-refractivity contribution in [3.63, 3.8) is 0 Å². The summed E-state index contributed by atoms with van der Waals surface area (Å²) in [6.07, 6.45) is 6.68. The van der Waals surface area contributed by atoms with E-state index in [1.54, 1.807) is 19.2 Å². The summed E-state index contributed by atoms with van der Waals surface area (Å²) in [5.41, 5.74) is 2.64. The van der Waals surface area contributed by atoms with Crippen LogP contribution in [0.3, 0.4) is 0 Å². The van der Waals surface area contributed by atoms with E-state index in [2.05, 4.69) is 36.4 Å². The molecule has 0 bridgehead atoms. The third-order valence-electron chi connectivity index (χ3n) is 5.34. The molecule has 0 amide bonds. The highest BCUT2D eigenvalue weighted by atomic mass is 32.2. The normalized spacial score (nSPS) is 16.4. The number of allylic oxidation sites excluding steroid dienone is 3. The Kier molecular flexibility index (Phi) is 6.72. The molecule has 172 valence electrons. The lowest BCUT2D eigenvalue weighted by atomic mass is 10.1. The monoisotopic (exact) mass is 469 g/mol. The maximum Gasteiger partial charge on any atom is 0.264 e. The van der Waals surface area contributed by atoms with Gasteiger partial charge in [-0.3, -0.25) is 9.71 Å². The molecule has 1 fully saturated rings. The molecule has 10 heteroatoms. The number of nitrogens with one attached hydrogen (secondary N) is 1. The van der Waals surface area contributed by atoms with Crippen LogP contribution in [0.25, 0.3) is 0 Å². The number of morpholine rings is 1. The fourth-order valence-electron chi connectivity index (χ4n) is 3.52. The Balaban J connectivity index is 1.63. The Morgan fingerprint density at radius 3 is 2.58 bits per heavy atom. The molecule has 0 unspecified atom stereocenters. The van der Waals surface area contributed by atoms with E-state index in [0.717, 1.165) is 11.5 Å². The van der Waals surface area contributed by atoms with Gasteiger partial charge in [0.25, 0.3) is 10.0 Å². The van der Waals surface area contributed by atoms with Gasteiger partial charge < -0.3 is 9.64 Å². The minimum absolute atomic E-state index is 0.246. The lowest BCUT2D eigenvalue weighted by molar-refractivity contribution is 0.122. The Morgan fingerprint density at radius 1 is 1.06 bits per heavy atom. The van der Waals surface area contributed by atoms with E-state index in [0.29, 0.717) is 56.0 Å². The molecular weight excluding hydrogens is 445 g/mol. The first-order chi connectivity index (χ1) is 15.8. The Bertz CT molecular complexity index is 1290. The van der Waals surface area contributed by atoms with Crippen molar-refractivity contribution in [2.45, 2.75) is 26.7 Å². The van der Waals surface area contributed by atoms with Crippen LogP contribution < -0.4 is 9.62 Å². The molecule has 8 nitrogen and oxygen atoms in total. The van der Waals surface area contributed by atoms with Gasteiger partial charge >= 0.3 is 0 Å². The summed E-state index contributed by atoms with van der Waals surface area (Å²) in [7, 11) is -4.08. The lowest BCUT2D eigenvalue weighted by Gasteiger charge is -2.28. The highest BCUT2D eigenvalue weighted by Crippen LogP contribution is 2.27. The van der Waals surface area contributed by atoms with Gasteiger partial charge in [0.15, 0.2) is 0 Å². The zero-order chi connectivity index (χ0) is 23.4. The second-order valence-electron chi connectivity index (χ2n) is 7.67. The number of sulfonamides is 1. The molecule has 1 N–H and O–H groups in total. The molecule has 1 aliphatic heterocycles. The molecule has 0 aromatic carbocycles. The van der Waals surface area contributed by atoms with E-state index in [1.165, 1.54) is 18.5 Å². The van der Waals surface area contributed by atoms with Crippen LogP contribution in [0.2, 0.25) is 0 Å². The van der Waals surface area contributed by atoms with Crippen LogP contribution in [0, 0.1) is 25.7 Å². The second-order valence-corrected chi connectivity index (χ2v) is 9.32. The average Bonchev–Trinajstić information content (AvgIpc) is 2.80. The van der Waals surface area contributed by atoms with Crippen molar-refractivity contribution in [1.29, 1.82) is 0 Å². The molecule has 0 radical (unpaired) electrons. The van der Waals surface area contributed by atoms with E-state index in [-0.39, 0.29) is 10.6 Å². The van der Waals surface area contributed by atoms with Crippen molar-refractivity contribution in [2.24, 2.45) is 0 Å². The number of pyridine rings is 1. The van der Waals surface area contributed by atoms with Crippen molar-refractivity contribution in [2.75, 3.05) is 35.9 Å². The average molecular weight is 470 g/mol. The number of halogens is 1. The van der Waals surface area contributed by atoms with Crippen LogP contribution in [0.4, 0.5) is 15.9 Å².